The molecule has 2 aromatic heterocycles. The van der Waals surface area contributed by atoms with Crippen molar-refractivity contribution in [3.05, 3.63) is 36.4 Å². The summed E-state index contributed by atoms with van der Waals surface area (Å²) in [6.07, 6.45) is 2.94. The Labute approximate surface area is 115 Å². The predicted octanol–water partition coefficient (Wildman–Crippen LogP) is 1.09. The van der Waals surface area contributed by atoms with Gasteiger partial charge in [-0.3, -0.25) is 0 Å². The highest BCUT2D eigenvalue weighted by Crippen LogP contribution is 2.18. The minimum absolute atomic E-state index is 0.0628. The van der Waals surface area contributed by atoms with Gasteiger partial charge in [0.25, 0.3) is 6.01 Å². The predicted molar refractivity (Wildman–Crippen MR) is 72.1 cm³/mol. The summed E-state index contributed by atoms with van der Waals surface area (Å²) in [4.78, 5) is 23.2. The zero-order valence-corrected chi connectivity index (χ0v) is 10.8. The van der Waals surface area contributed by atoms with Crippen molar-refractivity contribution in [3.8, 4) is 0 Å². The van der Waals surface area contributed by atoms with Gasteiger partial charge in [-0.15, -0.1) is 0 Å². The van der Waals surface area contributed by atoms with Gasteiger partial charge in [-0.2, -0.15) is 4.98 Å². The minimum Gasteiger partial charge on any atom is -0.476 e. The van der Waals surface area contributed by atoms with Crippen LogP contribution in [0.4, 0.5) is 11.8 Å². The molecule has 2 aromatic rings. The number of carboxylic acid groups (broad SMARTS) is 1. The number of aromatic carboxylic acids is 1. The molecule has 20 heavy (non-hydrogen) atoms. The zero-order chi connectivity index (χ0) is 13.9. The van der Waals surface area contributed by atoms with Crippen LogP contribution in [-0.2, 0) is 0 Å². The summed E-state index contributed by atoms with van der Waals surface area (Å²) in [6.45, 7) is 3.02. The first-order valence-corrected chi connectivity index (χ1v) is 6.34. The molecule has 0 saturated carbocycles. The van der Waals surface area contributed by atoms with Gasteiger partial charge in [0.15, 0.2) is 5.69 Å². The number of pyridine rings is 1. The molecular weight excluding hydrogens is 260 g/mol. The maximum atomic E-state index is 10.8. The molecule has 1 N–H and O–H groups in total. The number of carboxylic acids is 1. The van der Waals surface area contributed by atoms with Gasteiger partial charge in [-0.05, 0) is 12.1 Å². The maximum absolute atomic E-state index is 10.8. The minimum atomic E-state index is -1.08. The molecule has 3 rings (SSSR count). The van der Waals surface area contributed by atoms with Crippen LogP contribution >= 0.6 is 0 Å². The third-order valence-electron chi connectivity index (χ3n) is 3.23. The summed E-state index contributed by atoms with van der Waals surface area (Å²) in [5.41, 5.74) is -0.0628. The number of hydrogen-bond acceptors (Lipinski definition) is 6. The van der Waals surface area contributed by atoms with Crippen molar-refractivity contribution < 1.29 is 14.3 Å². The van der Waals surface area contributed by atoms with Gasteiger partial charge in [0.2, 0.25) is 0 Å². The first kappa shape index (κ1) is 12.5. The number of nitrogens with zero attached hydrogens (tertiary/aromatic N) is 4. The van der Waals surface area contributed by atoms with Crippen molar-refractivity contribution >= 4 is 17.8 Å². The van der Waals surface area contributed by atoms with E-state index in [-0.39, 0.29) is 5.69 Å². The number of aromatic nitrogens is 2. The Hall–Kier alpha value is -2.57. The van der Waals surface area contributed by atoms with E-state index in [0.29, 0.717) is 6.01 Å². The largest absolute Gasteiger partial charge is 0.476 e. The Bertz CT molecular complexity index is 591. The summed E-state index contributed by atoms with van der Waals surface area (Å²) in [6, 6.07) is 6.19. The molecule has 0 radical (unpaired) electrons. The van der Waals surface area contributed by atoms with Crippen LogP contribution in [0, 0.1) is 0 Å². The first-order valence-electron chi connectivity index (χ1n) is 6.34. The standard InChI is InChI=1S/C13H14N4O3/c18-12(19)10-9-20-13(15-10)17-7-5-16(6-8-17)11-3-1-2-4-14-11/h1-4,9H,5-8H2,(H,18,19). The maximum Gasteiger partial charge on any atom is 0.357 e. The summed E-state index contributed by atoms with van der Waals surface area (Å²) in [5.74, 6) is -0.127. The second kappa shape index (κ2) is 5.20. The summed E-state index contributed by atoms with van der Waals surface area (Å²) in [7, 11) is 0. The van der Waals surface area contributed by atoms with Gasteiger partial charge in [-0.1, -0.05) is 6.07 Å². The molecule has 0 unspecified atom stereocenters. The molecule has 0 spiro atoms. The number of anilines is 2. The monoisotopic (exact) mass is 274 g/mol. The normalized spacial score (nSPS) is 15.4. The van der Waals surface area contributed by atoms with E-state index in [1.165, 1.54) is 6.26 Å². The molecule has 104 valence electrons. The second-order valence-corrected chi connectivity index (χ2v) is 4.48. The third kappa shape index (κ3) is 2.42. The van der Waals surface area contributed by atoms with Gasteiger partial charge < -0.3 is 19.3 Å². The van der Waals surface area contributed by atoms with Crippen LogP contribution < -0.4 is 9.80 Å². The Morgan fingerprint density at radius 2 is 1.95 bits per heavy atom. The quantitative estimate of drug-likeness (QED) is 0.897. The van der Waals surface area contributed by atoms with Crippen molar-refractivity contribution in [3.63, 3.8) is 0 Å². The van der Waals surface area contributed by atoms with Crippen molar-refractivity contribution in [2.75, 3.05) is 36.0 Å². The van der Waals surface area contributed by atoms with Crippen molar-refractivity contribution in [2.24, 2.45) is 0 Å². The molecule has 1 aliphatic heterocycles. The first-order chi connectivity index (χ1) is 9.74. The molecule has 1 fully saturated rings. The highest BCUT2D eigenvalue weighted by molar-refractivity contribution is 5.85. The number of hydrogen-bond donors (Lipinski definition) is 1. The van der Waals surface area contributed by atoms with Crippen LogP contribution in [0.2, 0.25) is 0 Å². The molecule has 0 bridgehead atoms. The van der Waals surface area contributed by atoms with E-state index in [1.54, 1.807) is 6.20 Å². The number of carbonyl (C=O) groups is 1. The van der Waals surface area contributed by atoms with E-state index in [1.807, 2.05) is 23.1 Å². The molecule has 0 aliphatic carbocycles. The highest BCUT2D eigenvalue weighted by atomic mass is 16.4. The lowest BCUT2D eigenvalue weighted by Gasteiger charge is -2.34. The average Bonchev–Trinajstić information content (AvgIpc) is 2.98. The van der Waals surface area contributed by atoms with Crippen molar-refractivity contribution in [1.29, 1.82) is 0 Å². The van der Waals surface area contributed by atoms with Gasteiger partial charge in [-0.25, -0.2) is 9.78 Å². The molecular formula is C13H14N4O3. The topological polar surface area (TPSA) is 82.7 Å². The van der Waals surface area contributed by atoms with Gasteiger partial charge >= 0.3 is 5.97 Å². The van der Waals surface area contributed by atoms with Crippen LogP contribution in [0.25, 0.3) is 0 Å². The Morgan fingerprint density at radius 3 is 2.55 bits per heavy atom. The fraction of sp³-hybridized carbons (Fsp3) is 0.308. The number of oxazole rings is 1. The summed E-state index contributed by atoms with van der Waals surface area (Å²) < 4.78 is 5.21. The van der Waals surface area contributed by atoms with Crippen molar-refractivity contribution in [2.45, 2.75) is 0 Å². The number of rotatable bonds is 3. The van der Waals surface area contributed by atoms with Crippen LogP contribution in [0.1, 0.15) is 10.5 Å². The molecule has 7 nitrogen and oxygen atoms in total. The highest BCUT2D eigenvalue weighted by Gasteiger charge is 2.22. The molecule has 3 heterocycles. The fourth-order valence-corrected chi connectivity index (χ4v) is 2.18. The lowest BCUT2D eigenvalue weighted by Crippen LogP contribution is -2.47. The Kier molecular flexibility index (Phi) is 3.24. The van der Waals surface area contributed by atoms with Crippen LogP contribution in [0.5, 0.6) is 0 Å². The van der Waals surface area contributed by atoms with Crippen molar-refractivity contribution in [1.82, 2.24) is 9.97 Å². The fourth-order valence-electron chi connectivity index (χ4n) is 2.18. The lowest BCUT2D eigenvalue weighted by atomic mass is 10.3. The zero-order valence-electron chi connectivity index (χ0n) is 10.8. The molecule has 0 aromatic carbocycles. The Morgan fingerprint density at radius 1 is 1.20 bits per heavy atom. The SMILES string of the molecule is O=C(O)c1coc(N2CCN(c3ccccn3)CC2)n1. The molecule has 7 heteroatoms. The van der Waals surface area contributed by atoms with Gasteiger partial charge in [0, 0.05) is 32.4 Å². The second-order valence-electron chi connectivity index (χ2n) is 4.48. The summed E-state index contributed by atoms with van der Waals surface area (Å²) >= 11 is 0. The van der Waals surface area contributed by atoms with E-state index < -0.39 is 5.97 Å². The molecule has 0 atom stereocenters. The van der Waals surface area contributed by atoms with Crippen LogP contribution in [0.15, 0.2) is 35.1 Å². The van der Waals surface area contributed by atoms with Crippen LogP contribution in [-0.4, -0.2) is 47.2 Å². The van der Waals surface area contributed by atoms with E-state index in [4.69, 9.17) is 9.52 Å². The van der Waals surface area contributed by atoms with E-state index >= 15 is 0 Å². The average molecular weight is 274 g/mol. The summed E-state index contributed by atoms with van der Waals surface area (Å²) in [5, 5.41) is 8.83. The smallest absolute Gasteiger partial charge is 0.357 e. The molecule has 1 saturated heterocycles. The molecule has 1 aliphatic rings. The molecule has 0 amide bonds. The lowest BCUT2D eigenvalue weighted by molar-refractivity contribution is 0.0690. The van der Waals surface area contributed by atoms with Crippen LogP contribution in [0.3, 0.4) is 0 Å². The van der Waals surface area contributed by atoms with Gasteiger partial charge in [0.05, 0.1) is 0 Å². The van der Waals surface area contributed by atoms with Gasteiger partial charge in [0.1, 0.15) is 12.1 Å². The van der Waals surface area contributed by atoms with E-state index in [9.17, 15) is 4.79 Å². The van der Waals surface area contributed by atoms with E-state index in [0.717, 1.165) is 32.0 Å². The number of piperazine rings is 1. The Balaban J connectivity index is 1.65. The third-order valence-corrected chi connectivity index (χ3v) is 3.23. The van der Waals surface area contributed by atoms with E-state index in [2.05, 4.69) is 14.9 Å².